The molecule has 0 saturated heterocycles. The van der Waals surface area contributed by atoms with Gasteiger partial charge in [-0.25, -0.2) is 0 Å². The molecule has 0 amide bonds. The van der Waals surface area contributed by atoms with Crippen LogP contribution in [0.25, 0.3) is 0 Å². The average Bonchev–Trinajstić information content (AvgIpc) is 3.11. The number of nitrogens with one attached hydrogen (secondary N) is 1. The minimum absolute atomic E-state index is 0.0134. The van der Waals surface area contributed by atoms with Crippen LogP contribution in [0.5, 0.6) is 11.5 Å². The van der Waals surface area contributed by atoms with E-state index in [9.17, 15) is 15.2 Å². The fourth-order valence-corrected chi connectivity index (χ4v) is 4.20. The zero-order chi connectivity index (χ0) is 18.4. The molecule has 26 heavy (non-hydrogen) atoms. The third-order valence-corrected chi connectivity index (χ3v) is 5.42. The number of nitro benzene ring substituents is 1. The van der Waals surface area contributed by atoms with Crippen LogP contribution in [0, 0.1) is 23.0 Å². The number of nitrogens with zero attached hydrogens (tertiary/aromatic N) is 1. The minimum atomic E-state index is -0.339. The van der Waals surface area contributed by atoms with Crippen molar-refractivity contribution >= 4 is 11.4 Å². The molecule has 6 heteroatoms. The highest BCUT2D eigenvalue weighted by molar-refractivity contribution is 5.67. The van der Waals surface area contributed by atoms with Gasteiger partial charge >= 0.3 is 0 Å². The number of ether oxygens (including phenoxy) is 1. The Morgan fingerprint density at radius 2 is 2.12 bits per heavy atom. The van der Waals surface area contributed by atoms with Crippen LogP contribution in [0.4, 0.5) is 11.4 Å². The summed E-state index contributed by atoms with van der Waals surface area (Å²) in [4.78, 5) is 10.9. The number of aryl methyl sites for hydroxylation is 1. The van der Waals surface area contributed by atoms with Gasteiger partial charge in [0, 0.05) is 23.7 Å². The minimum Gasteiger partial charge on any atom is -0.504 e. The van der Waals surface area contributed by atoms with Gasteiger partial charge in [-0.2, -0.15) is 0 Å². The van der Waals surface area contributed by atoms with Gasteiger partial charge in [0.05, 0.1) is 18.1 Å². The molecule has 0 spiro atoms. The highest BCUT2D eigenvalue weighted by atomic mass is 16.6. The third kappa shape index (κ3) is 2.49. The van der Waals surface area contributed by atoms with Crippen molar-refractivity contribution in [2.75, 3.05) is 12.4 Å². The number of phenols is 1. The lowest BCUT2D eigenvalue weighted by atomic mass is 9.76. The predicted octanol–water partition coefficient (Wildman–Crippen LogP) is 4.44. The Kier molecular flexibility index (Phi) is 3.83. The first kappa shape index (κ1) is 16.4. The predicted molar refractivity (Wildman–Crippen MR) is 98.8 cm³/mol. The fourth-order valence-electron chi connectivity index (χ4n) is 4.20. The van der Waals surface area contributed by atoms with E-state index in [2.05, 4.69) is 17.5 Å². The number of aromatic hydroxyl groups is 1. The van der Waals surface area contributed by atoms with E-state index in [0.717, 1.165) is 28.8 Å². The topological polar surface area (TPSA) is 84.6 Å². The van der Waals surface area contributed by atoms with Crippen LogP contribution in [-0.4, -0.2) is 17.1 Å². The van der Waals surface area contributed by atoms with Gasteiger partial charge in [0.1, 0.15) is 0 Å². The first-order valence-electron chi connectivity index (χ1n) is 8.58. The number of rotatable bonds is 3. The van der Waals surface area contributed by atoms with Gasteiger partial charge in [0.2, 0.25) is 0 Å². The molecule has 1 aliphatic heterocycles. The Morgan fingerprint density at radius 3 is 2.81 bits per heavy atom. The Bertz CT molecular complexity index is 922. The van der Waals surface area contributed by atoms with Crippen LogP contribution in [0.2, 0.25) is 0 Å². The molecule has 0 bridgehead atoms. The molecule has 1 aliphatic carbocycles. The van der Waals surface area contributed by atoms with Crippen LogP contribution in [0.1, 0.15) is 35.1 Å². The number of nitro groups is 1. The van der Waals surface area contributed by atoms with Crippen molar-refractivity contribution < 1.29 is 14.8 Å². The van der Waals surface area contributed by atoms with Gasteiger partial charge in [-0.3, -0.25) is 10.1 Å². The van der Waals surface area contributed by atoms with Gasteiger partial charge in [0.15, 0.2) is 11.5 Å². The van der Waals surface area contributed by atoms with Gasteiger partial charge in [-0.15, -0.1) is 0 Å². The third-order valence-electron chi connectivity index (χ3n) is 5.42. The zero-order valence-corrected chi connectivity index (χ0v) is 14.6. The number of fused-ring (bicyclic) bond motifs is 3. The van der Waals surface area contributed by atoms with Crippen molar-refractivity contribution in [1.82, 2.24) is 0 Å². The van der Waals surface area contributed by atoms with Crippen LogP contribution in [-0.2, 0) is 0 Å². The van der Waals surface area contributed by atoms with Crippen molar-refractivity contribution in [3.8, 4) is 11.5 Å². The first-order valence-corrected chi connectivity index (χ1v) is 8.58. The van der Waals surface area contributed by atoms with Gasteiger partial charge < -0.3 is 15.2 Å². The molecule has 3 unspecified atom stereocenters. The summed E-state index contributed by atoms with van der Waals surface area (Å²) in [6.45, 7) is 1.89. The second kappa shape index (κ2) is 6.05. The second-order valence-electron chi connectivity index (χ2n) is 6.89. The number of allylic oxidation sites excluding steroid dienone is 2. The van der Waals surface area contributed by atoms with E-state index < -0.39 is 0 Å². The van der Waals surface area contributed by atoms with Crippen molar-refractivity contribution in [2.24, 2.45) is 5.92 Å². The van der Waals surface area contributed by atoms with E-state index in [0.29, 0.717) is 5.75 Å². The maximum Gasteiger partial charge on any atom is 0.270 e. The Balaban J connectivity index is 1.80. The molecule has 0 fully saturated rings. The second-order valence-corrected chi connectivity index (χ2v) is 6.89. The van der Waals surface area contributed by atoms with Crippen LogP contribution < -0.4 is 10.1 Å². The summed E-state index contributed by atoms with van der Waals surface area (Å²) in [6.07, 6.45) is 5.16. The number of hydrogen-bond acceptors (Lipinski definition) is 5. The molecule has 134 valence electrons. The summed E-state index contributed by atoms with van der Waals surface area (Å²) in [7, 11) is 1.52. The van der Waals surface area contributed by atoms with Crippen molar-refractivity contribution in [2.45, 2.75) is 25.3 Å². The molecule has 1 heterocycles. The summed E-state index contributed by atoms with van der Waals surface area (Å²) in [5.41, 5.74) is 3.89. The van der Waals surface area contributed by atoms with Crippen molar-refractivity contribution in [3.05, 3.63) is 69.3 Å². The number of anilines is 1. The monoisotopic (exact) mass is 352 g/mol. The summed E-state index contributed by atoms with van der Waals surface area (Å²) in [5, 5.41) is 25.0. The molecule has 0 aromatic heterocycles. The molecule has 0 saturated carbocycles. The maximum absolute atomic E-state index is 11.2. The van der Waals surface area contributed by atoms with Crippen LogP contribution in [0.15, 0.2) is 42.5 Å². The standard InChI is InChI=1S/C20H20N2O4/c1-11-8-13(22(24)25)10-16-14-4-3-5-15(14)20(21-19(11)16)12-6-7-18(26-2)17(23)9-12/h3-4,6-10,14-15,20-21,23H,5H2,1-2H3. The number of non-ortho nitro benzene ring substituents is 1. The number of benzene rings is 2. The lowest BCUT2D eigenvalue weighted by Crippen LogP contribution is -2.29. The smallest absolute Gasteiger partial charge is 0.270 e. The molecule has 4 rings (SSSR count). The Hall–Kier alpha value is -3.02. The lowest BCUT2D eigenvalue weighted by Gasteiger charge is -2.38. The maximum atomic E-state index is 11.2. The SMILES string of the molecule is COc1ccc(C2Nc3c(C)cc([N+](=O)[O-])cc3C3C=CCC32)cc1O. The lowest BCUT2D eigenvalue weighted by molar-refractivity contribution is -0.385. The molecule has 2 N–H and O–H groups in total. The van der Waals surface area contributed by atoms with Gasteiger partial charge in [-0.05, 0) is 48.1 Å². The fraction of sp³-hybridized carbons (Fsp3) is 0.300. The van der Waals surface area contributed by atoms with Crippen molar-refractivity contribution in [1.29, 1.82) is 0 Å². The largest absolute Gasteiger partial charge is 0.504 e. The Morgan fingerprint density at radius 1 is 1.31 bits per heavy atom. The number of methoxy groups -OCH3 is 1. The van der Waals surface area contributed by atoms with Crippen LogP contribution >= 0.6 is 0 Å². The molecular weight excluding hydrogens is 332 g/mol. The van der Waals surface area contributed by atoms with E-state index in [1.165, 1.54) is 7.11 Å². The van der Waals surface area contributed by atoms with Gasteiger partial charge in [0.25, 0.3) is 5.69 Å². The van der Waals surface area contributed by atoms with E-state index in [4.69, 9.17) is 4.74 Å². The van der Waals surface area contributed by atoms with Crippen LogP contribution in [0.3, 0.4) is 0 Å². The summed E-state index contributed by atoms with van der Waals surface area (Å²) in [6, 6.07) is 8.76. The van der Waals surface area contributed by atoms with E-state index in [1.807, 2.05) is 13.0 Å². The van der Waals surface area contributed by atoms with E-state index in [1.54, 1.807) is 24.3 Å². The average molecular weight is 352 g/mol. The molecule has 0 radical (unpaired) electrons. The first-order chi connectivity index (χ1) is 12.5. The summed E-state index contributed by atoms with van der Waals surface area (Å²) < 4.78 is 5.14. The number of phenolic OH excluding ortho intramolecular Hbond substituents is 1. The van der Waals surface area contributed by atoms with Crippen molar-refractivity contribution in [3.63, 3.8) is 0 Å². The van der Waals surface area contributed by atoms with Gasteiger partial charge in [-0.1, -0.05) is 18.2 Å². The molecular formula is C20H20N2O4. The molecule has 6 nitrogen and oxygen atoms in total. The normalized spacial score (nSPS) is 23.1. The highest BCUT2D eigenvalue weighted by Crippen LogP contribution is 2.52. The van der Waals surface area contributed by atoms with E-state index >= 15 is 0 Å². The summed E-state index contributed by atoms with van der Waals surface area (Å²) in [5.74, 6) is 0.925. The molecule has 2 aliphatic rings. The summed E-state index contributed by atoms with van der Waals surface area (Å²) >= 11 is 0. The zero-order valence-electron chi connectivity index (χ0n) is 14.6. The molecule has 2 aromatic rings. The molecule has 3 atom stereocenters. The Labute approximate surface area is 151 Å². The quantitative estimate of drug-likeness (QED) is 0.484. The highest BCUT2D eigenvalue weighted by Gasteiger charge is 2.39. The number of hydrogen-bond donors (Lipinski definition) is 2. The molecule has 2 aromatic carbocycles. The van der Waals surface area contributed by atoms with E-state index in [-0.39, 0.29) is 34.2 Å².